The SMILES string of the molecule is Cc1cc(CC(=O)O)cc(OP(=O)(O)O)c1C(C)(C)CC(=O)N(c1nn(CC(F)(F)F)c2c(-c3ccc(C#CC(C)(C)S(C)(=O)=O)nc3[C@H](Cc3cc(F)cc(F)c3)NC(=O)Cn3nc(C(F)(F)F)c4c3C(F)(F)C3C[C@H]43)ccc(Cl)c12)S(C)(=O)=O. The molecule has 3 heterocycles. The van der Waals surface area contributed by atoms with Gasteiger partial charge in [0.15, 0.2) is 21.3 Å². The van der Waals surface area contributed by atoms with Gasteiger partial charge in [-0.2, -0.15) is 49.6 Å². The fourth-order valence-corrected chi connectivity index (χ4v) is 12.3. The topological polar surface area (TPSA) is 270 Å². The highest BCUT2D eigenvalue weighted by molar-refractivity contribution is 7.93. The average Bonchev–Trinajstić information content (AvgIpc) is 1.52. The quantitative estimate of drug-likeness (QED) is 0.0355. The number of aliphatic carboxylic acids is 1. The van der Waals surface area contributed by atoms with Crippen molar-refractivity contribution >= 4 is 73.8 Å². The number of sulfone groups is 1. The Morgan fingerprint density at radius 3 is 2.12 bits per heavy atom. The van der Waals surface area contributed by atoms with E-state index >= 15 is 8.78 Å². The number of hydrogen-bond acceptors (Lipinski definition) is 12. The van der Waals surface area contributed by atoms with Crippen LogP contribution in [0, 0.1) is 36.3 Å². The Balaban J connectivity index is 1.35. The van der Waals surface area contributed by atoms with Gasteiger partial charge in [0.25, 0.3) is 5.92 Å². The van der Waals surface area contributed by atoms with Crippen LogP contribution in [-0.4, -0.2) is 97.5 Å². The van der Waals surface area contributed by atoms with Crippen molar-refractivity contribution in [2.75, 3.05) is 16.8 Å². The normalized spacial score (nSPS) is 16.5. The van der Waals surface area contributed by atoms with Gasteiger partial charge >= 0.3 is 26.1 Å². The number of carbonyl (C=O) groups excluding carboxylic acids is 2. The van der Waals surface area contributed by atoms with E-state index in [4.69, 9.17) is 16.1 Å². The lowest BCUT2D eigenvalue weighted by Crippen LogP contribution is -2.40. The molecule has 0 bridgehead atoms. The Kier molecular flexibility index (Phi) is 16.8. The van der Waals surface area contributed by atoms with Crippen LogP contribution in [0.15, 0.2) is 54.6 Å². The predicted octanol–water partition coefficient (Wildman–Crippen LogP) is 9.36. The number of benzene rings is 3. The number of sulfonamides is 1. The van der Waals surface area contributed by atoms with Crippen LogP contribution in [0.25, 0.3) is 22.0 Å². The first-order chi connectivity index (χ1) is 39.3. The summed E-state index contributed by atoms with van der Waals surface area (Å²) in [6.45, 7) is 2.91. The maximum atomic E-state index is 15.7. The summed E-state index contributed by atoms with van der Waals surface area (Å²) in [5, 5.41) is 18.0. The van der Waals surface area contributed by atoms with Crippen LogP contribution in [-0.2, 0) is 82.3 Å². The molecular formula is C53H49ClF10N7O12PS2. The van der Waals surface area contributed by atoms with E-state index in [9.17, 15) is 85.8 Å². The number of nitrogens with zero attached hydrogens (tertiary/aromatic N) is 6. The fourth-order valence-electron chi connectivity index (χ4n) is 10.6. The van der Waals surface area contributed by atoms with Crippen LogP contribution in [0.1, 0.15) is 103 Å². The predicted molar refractivity (Wildman–Crippen MR) is 288 cm³/mol. The molecule has 0 radical (unpaired) electrons. The molecule has 4 N–H and O–H groups in total. The molecule has 0 spiro atoms. The van der Waals surface area contributed by atoms with Crippen molar-refractivity contribution in [2.45, 2.75) is 114 Å². The van der Waals surface area contributed by atoms with Crippen molar-refractivity contribution in [1.82, 2.24) is 29.9 Å². The molecule has 1 unspecified atom stereocenters. The Morgan fingerprint density at radius 2 is 1.55 bits per heavy atom. The lowest BCUT2D eigenvalue weighted by molar-refractivity contribution is -0.143. The number of carboxylic acids is 1. The zero-order chi connectivity index (χ0) is 64.1. The van der Waals surface area contributed by atoms with E-state index in [0.29, 0.717) is 12.3 Å². The zero-order valence-electron chi connectivity index (χ0n) is 45.8. The number of halogens is 11. The van der Waals surface area contributed by atoms with Crippen molar-refractivity contribution < 1.29 is 99.1 Å². The van der Waals surface area contributed by atoms with Crippen molar-refractivity contribution in [1.29, 1.82) is 0 Å². The van der Waals surface area contributed by atoms with Gasteiger partial charge in [0.05, 0.1) is 40.3 Å². The number of aromatic nitrogens is 5. The molecule has 2 aliphatic carbocycles. The van der Waals surface area contributed by atoms with Gasteiger partial charge in [-0.25, -0.2) is 35.2 Å². The van der Waals surface area contributed by atoms with Gasteiger partial charge in [0.1, 0.15) is 46.6 Å². The third kappa shape index (κ3) is 13.5. The van der Waals surface area contributed by atoms with Gasteiger partial charge < -0.3 is 14.9 Å². The molecule has 2 aliphatic rings. The molecule has 6 aromatic rings. The molecule has 33 heteroatoms. The van der Waals surface area contributed by atoms with Gasteiger partial charge in [0, 0.05) is 52.3 Å². The number of carbonyl (C=O) groups is 3. The number of phosphoric ester groups is 1. The molecule has 86 heavy (non-hydrogen) atoms. The number of pyridine rings is 1. The van der Waals surface area contributed by atoms with Crippen LogP contribution in [0.3, 0.4) is 0 Å². The highest BCUT2D eigenvalue weighted by Crippen LogP contribution is 2.68. The Labute approximate surface area is 487 Å². The number of rotatable bonds is 18. The summed E-state index contributed by atoms with van der Waals surface area (Å²) in [5.41, 5.74) is -8.33. The second-order valence-electron chi connectivity index (χ2n) is 21.9. The largest absolute Gasteiger partial charge is 0.524 e. The highest BCUT2D eigenvalue weighted by atomic mass is 35.5. The molecular weight excluding hydrogens is 1250 g/mol. The van der Waals surface area contributed by atoms with Crippen molar-refractivity contribution in [2.24, 2.45) is 5.92 Å². The Morgan fingerprint density at radius 1 is 0.919 bits per heavy atom. The number of fused-ring (bicyclic) bond motifs is 4. The maximum absolute atomic E-state index is 15.7. The molecule has 3 atom stereocenters. The Bertz CT molecular complexity index is 4160. The minimum atomic E-state index is -5.45. The first kappa shape index (κ1) is 64.9. The third-order valence-electron chi connectivity index (χ3n) is 14.3. The summed E-state index contributed by atoms with van der Waals surface area (Å²) in [5.74, 6) is -9.89. The highest BCUT2D eigenvalue weighted by Gasteiger charge is 2.68. The monoisotopic (exact) mass is 1300 g/mol. The molecule has 2 amide bonds. The van der Waals surface area contributed by atoms with E-state index < -0.39 is 191 Å². The lowest BCUT2D eigenvalue weighted by atomic mass is 9.78. The number of anilines is 1. The summed E-state index contributed by atoms with van der Waals surface area (Å²) >= 11 is 6.78. The smallest absolute Gasteiger partial charge is 0.481 e. The van der Waals surface area contributed by atoms with E-state index in [1.807, 2.05) is 0 Å². The third-order valence-corrected chi connectivity index (χ3v) is 18.0. The number of phosphoric acid groups is 1. The van der Waals surface area contributed by atoms with Crippen molar-refractivity contribution in [3.8, 4) is 28.7 Å². The van der Waals surface area contributed by atoms with Gasteiger partial charge in [-0.15, -0.1) is 0 Å². The van der Waals surface area contributed by atoms with E-state index in [2.05, 4.69) is 32.3 Å². The summed E-state index contributed by atoms with van der Waals surface area (Å²) in [7, 11) is -14.5. The summed E-state index contributed by atoms with van der Waals surface area (Å²) in [6, 6.07) is 6.63. The minimum absolute atomic E-state index is 0.00336. The average molecular weight is 1300 g/mol. The second-order valence-corrected chi connectivity index (χ2v) is 27.9. The zero-order valence-corrected chi connectivity index (χ0v) is 49.1. The molecule has 1 fully saturated rings. The number of amides is 2. The van der Waals surface area contributed by atoms with E-state index in [-0.39, 0.29) is 53.6 Å². The molecule has 3 aromatic heterocycles. The van der Waals surface area contributed by atoms with Gasteiger partial charge in [0.2, 0.25) is 21.8 Å². The van der Waals surface area contributed by atoms with Crippen LogP contribution in [0.2, 0.25) is 5.02 Å². The molecule has 0 aliphatic heterocycles. The van der Waals surface area contributed by atoms with Gasteiger partial charge in [-0.1, -0.05) is 43.5 Å². The van der Waals surface area contributed by atoms with Gasteiger partial charge in [-0.05, 0) is 98.5 Å². The van der Waals surface area contributed by atoms with Crippen LogP contribution in [0.5, 0.6) is 5.75 Å². The standard InChI is InChI=1S/C53H49ClF10N7O12PS2/c1-25-14-26(19-40(74)75)18-37(83-84(76,77)78)43(25)49(2,3)22-39(73)71(86(7,81)82)48-42-35(54)11-10-32(45(42)70(68-48)24-51(57,58)59)31-9-8-30(12-13-50(4,5)85(6,79)80)65-44(31)36(17-27-15-28(55)20-29(56)16-27)66-38(72)23-69-47-41(46(67-69)53(62,63)64)33-21-34(33)52(47,60)61/h8-11,14-16,18,20,33-34,36H,17,19,21-24H2,1-7H3,(H,66,72)(H,74,75)(H2,76,77,78)/t33-,34?,36-/m0/s1. The van der Waals surface area contributed by atoms with Crippen LogP contribution < -0.4 is 14.1 Å². The van der Waals surface area contributed by atoms with Crippen LogP contribution in [0.4, 0.5) is 49.7 Å². The minimum Gasteiger partial charge on any atom is -0.481 e. The summed E-state index contributed by atoms with van der Waals surface area (Å²) in [4.78, 5) is 65.0. The number of nitrogens with one attached hydrogen (secondary N) is 1. The lowest BCUT2D eigenvalue weighted by Gasteiger charge is -2.31. The first-order valence-electron chi connectivity index (χ1n) is 25.2. The van der Waals surface area contributed by atoms with E-state index in [1.165, 1.54) is 40.7 Å². The second kappa shape index (κ2) is 22.2. The molecule has 0 saturated heterocycles. The summed E-state index contributed by atoms with van der Waals surface area (Å²) in [6.07, 6.45) is -12.0. The molecule has 3 aromatic carbocycles. The summed E-state index contributed by atoms with van der Waals surface area (Å²) < 4.78 is 218. The van der Waals surface area contributed by atoms with Crippen LogP contribution >= 0.6 is 19.4 Å². The van der Waals surface area contributed by atoms with Crippen molar-refractivity contribution in [3.05, 3.63) is 122 Å². The number of carboxylic acid groups (broad SMARTS) is 1. The Hall–Kier alpha value is -7.10. The molecule has 8 rings (SSSR count). The molecule has 1 saturated carbocycles. The number of hydrogen-bond donors (Lipinski definition) is 4. The number of aryl methyl sites for hydroxylation is 1. The van der Waals surface area contributed by atoms with E-state index in [0.717, 1.165) is 48.7 Å². The number of alkyl halides is 8. The van der Waals surface area contributed by atoms with Crippen molar-refractivity contribution in [3.63, 3.8) is 0 Å². The molecule has 19 nitrogen and oxygen atoms in total. The van der Waals surface area contributed by atoms with E-state index in [1.54, 1.807) is 0 Å². The first-order valence-corrected chi connectivity index (χ1v) is 30.9. The van der Waals surface area contributed by atoms with Gasteiger partial charge in [-0.3, -0.25) is 33.5 Å². The maximum Gasteiger partial charge on any atom is 0.524 e. The molecule has 462 valence electrons. The fraction of sp³-hybridized carbons (Fsp3) is 0.396.